The first kappa shape index (κ1) is 31.1. The number of pyridine rings is 2. The van der Waals surface area contributed by atoms with Gasteiger partial charge in [0, 0.05) is 52.6 Å². The lowest BCUT2D eigenvalue weighted by Gasteiger charge is -2.40. The quantitative estimate of drug-likeness (QED) is 0.267. The molecule has 0 amide bonds. The summed E-state index contributed by atoms with van der Waals surface area (Å²) in [6.07, 6.45) is 4.92. The van der Waals surface area contributed by atoms with Crippen LogP contribution in [0.3, 0.4) is 0 Å². The van der Waals surface area contributed by atoms with E-state index in [0.29, 0.717) is 45.8 Å². The van der Waals surface area contributed by atoms with Gasteiger partial charge in [0.25, 0.3) is 0 Å². The van der Waals surface area contributed by atoms with Crippen molar-refractivity contribution in [3.05, 3.63) is 69.6 Å². The van der Waals surface area contributed by atoms with E-state index < -0.39 is 17.7 Å². The topological polar surface area (TPSA) is 84.8 Å². The number of rotatable bonds is 9. The third kappa shape index (κ3) is 8.12. The average Bonchev–Trinajstić information content (AvgIpc) is 2.87. The minimum Gasteiger partial charge on any atom is -0.492 e. The van der Waals surface area contributed by atoms with Crippen molar-refractivity contribution in [2.24, 2.45) is 5.41 Å². The number of carbonyl (C=O) groups is 1. The number of anilines is 1. The van der Waals surface area contributed by atoms with E-state index in [9.17, 15) is 9.90 Å². The van der Waals surface area contributed by atoms with E-state index in [1.54, 1.807) is 18.5 Å². The van der Waals surface area contributed by atoms with Crippen LogP contribution < -0.4 is 9.64 Å². The molecule has 0 unspecified atom stereocenters. The fourth-order valence-corrected chi connectivity index (χ4v) is 5.61. The van der Waals surface area contributed by atoms with Crippen molar-refractivity contribution in [3.63, 3.8) is 0 Å². The molecule has 0 spiro atoms. The third-order valence-corrected chi connectivity index (χ3v) is 7.71. The molecule has 1 fully saturated rings. The highest BCUT2D eigenvalue weighted by Crippen LogP contribution is 2.43. The summed E-state index contributed by atoms with van der Waals surface area (Å²) < 4.78 is 12.1. The summed E-state index contributed by atoms with van der Waals surface area (Å²) in [6.45, 7) is 14.0. The summed E-state index contributed by atoms with van der Waals surface area (Å²) in [5.41, 5.74) is 4.04. The third-order valence-electron chi connectivity index (χ3n) is 7.27. The highest BCUT2D eigenvalue weighted by Gasteiger charge is 2.36. The van der Waals surface area contributed by atoms with Gasteiger partial charge in [0.1, 0.15) is 5.75 Å². The summed E-state index contributed by atoms with van der Waals surface area (Å²) in [6, 6.07) is 9.21. The van der Waals surface area contributed by atoms with Gasteiger partial charge in [-0.15, -0.1) is 0 Å². The summed E-state index contributed by atoms with van der Waals surface area (Å²) in [7, 11) is 0. The zero-order valence-electron chi connectivity index (χ0n) is 24.6. The maximum Gasteiger partial charge on any atom is 0.337 e. The molecule has 1 N–H and O–H groups in total. The lowest BCUT2D eigenvalue weighted by molar-refractivity contribution is -0.160. The number of hydrogen-bond donors (Lipinski definition) is 1. The van der Waals surface area contributed by atoms with Crippen LogP contribution in [-0.2, 0) is 16.0 Å². The highest BCUT2D eigenvalue weighted by atomic mass is 35.5. The minimum absolute atomic E-state index is 0.223. The Hall–Kier alpha value is -2.87. The lowest BCUT2D eigenvalue weighted by atomic mass is 9.82. The smallest absolute Gasteiger partial charge is 0.337 e. The summed E-state index contributed by atoms with van der Waals surface area (Å²) >= 11 is 12.2. The Morgan fingerprint density at radius 3 is 2.29 bits per heavy atom. The first-order valence-electron chi connectivity index (χ1n) is 13.9. The van der Waals surface area contributed by atoms with E-state index >= 15 is 0 Å². The number of piperidine rings is 1. The highest BCUT2D eigenvalue weighted by molar-refractivity contribution is 6.34. The van der Waals surface area contributed by atoms with Gasteiger partial charge in [-0.25, -0.2) is 4.79 Å². The van der Waals surface area contributed by atoms with Gasteiger partial charge in [-0.3, -0.25) is 9.97 Å². The number of nitrogens with zero attached hydrogens (tertiary/aromatic N) is 3. The van der Waals surface area contributed by atoms with Gasteiger partial charge in [-0.2, -0.15) is 0 Å². The second kappa shape index (κ2) is 12.6. The Kier molecular flexibility index (Phi) is 9.52. The van der Waals surface area contributed by atoms with Crippen LogP contribution in [0.5, 0.6) is 5.75 Å². The Morgan fingerprint density at radius 2 is 1.73 bits per heavy atom. The van der Waals surface area contributed by atoms with Crippen LogP contribution in [0.25, 0.3) is 11.3 Å². The number of hydrogen-bond acceptors (Lipinski definition) is 6. The molecule has 0 saturated carbocycles. The van der Waals surface area contributed by atoms with Crippen molar-refractivity contribution >= 4 is 34.9 Å². The zero-order chi connectivity index (χ0) is 29.9. The van der Waals surface area contributed by atoms with E-state index in [-0.39, 0.29) is 5.41 Å². The Balaban J connectivity index is 1.66. The van der Waals surface area contributed by atoms with E-state index in [4.69, 9.17) is 37.7 Å². The van der Waals surface area contributed by atoms with Crippen LogP contribution in [0.15, 0.2) is 42.7 Å². The number of carboxylic acids is 1. The molecule has 0 bridgehead atoms. The largest absolute Gasteiger partial charge is 0.492 e. The molecule has 1 atom stereocenters. The molecule has 41 heavy (non-hydrogen) atoms. The normalized spacial score (nSPS) is 16.0. The molecule has 0 radical (unpaired) electrons. The molecule has 2 aromatic heterocycles. The van der Waals surface area contributed by atoms with Crippen LogP contribution >= 0.6 is 23.2 Å². The standard InChI is InChI=1S/C32H39Cl2N3O4/c1-20-27(29(30(38)39)41-31(2,3)4)28(37-12-10-32(5,6)11-13-37)25(19-35-20)26-8-7-24(18-36-26)40-14-9-21-15-22(33)17-23(34)16-21/h7-8,15-19,29H,9-14H2,1-6H3,(H,38,39)/t29-/m0/s1. The first-order valence-corrected chi connectivity index (χ1v) is 14.7. The molecule has 220 valence electrons. The predicted molar refractivity (Wildman–Crippen MR) is 164 cm³/mol. The SMILES string of the molecule is Cc1ncc(-c2ccc(OCCc3cc(Cl)cc(Cl)c3)cn2)c(N2CCC(C)(C)CC2)c1[C@H](OC(C)(C)C)C(=O)O. The maximum atomic E-state index is 12.6. The fraction of sp³-hybridized carbons (Fsp3) is 0.469. The molecular formula is C32H39Cl2N3O4. The molecule has 4 rings (SSSR count). The Labute approximate surface area is 252 Å². The molecule has 9 heteroatoms. The summed E-state index contributed by atoms with van der Waals surface area (Å²) in [5, 5.41) is 11.5. The lowest BCUT2D eigenvalue weighted by Crippen LogP contribution is -2.39. The number of aliphatic carboxylic acids is 1. The molecule has 1 saturated heterocycles. The summed E-state index contributed by atoms with van der Waals surface area (Å²) in [5.74, 6) is -0.416. The van der Waals surface area contributed by atoms with Gasteiger partial charge in [0.15, 0.2) is 6.10 Å². The number of benzene rings is 1. The number of aromatic nitrogens is 2. The zero-order valence-corrected chi connectivity index (χ0v) is 26.1. The second-order valence-corrected chi connectivity index (χ2v) is 13.2. The molecule has 0 aliphatic carbocycles. The van der Waals surface area contributed by atoms with Crippen LogP contribution in [-0.4, -0.2) is 46.3 Å². The van der Waals surface area contributed by atoms with E-state index in [0.717, 1.165) is 42.7 Å². The number of halogens is 2. The number of aryl methyl sites for hydroxylation is 1. The van der Waals surface area contributed by atoms with Crippen molar-refractivity contribution in [3.8, 4) is 17.0 Å². The second-order valence-electron chi connectivity index (χ2n) is 12.4. The fourth-order valence-electron chi connectivity index (χ4n) is 5.04. The van der Waals surface area contributed by atoms with Gasteiger partial charge in [-0.1, -0.05) is 37.0 Å². The molecule has 7 nitrogen and oxygen atoms in total. The summed E-state index contributed by atoms with van der Waals surface area (Å²) in [4.78, 5) is 24.2. The van der Waals surface area contributed by atoms with Crippen molar-refractivity contribution in [2.45, 2.75) is 72.5 Å². The molecule has 1 aliphatic heterocycles. The van der Waals surface area contributed by atoms with Gasteiger partial charge in [-0.05, 0) is 81.8 Å². The van der Waals surface area contributed by atoms with Crippen LogP contribution in [0.2, 0.25) is 10.0 Å². The minimum atomic E-state index is -1.17. The van der Waals surface area contributed by atoms with Crippen molar-refractivity contribution in [1.82, 2.24) is 9.97 Å². The molecule has 3 heterocycles. The maximum absolute atomic E-state index is 12.6. The van der Waals surface area contributed by atoms with Gasteiger partial charge in [0.05, 0.1) is 29.8 Å². The Morgan fingerprint density at radius 1 is 1.07 bits per heavy atom. The molecule has 1 aromatic carbocycles. The Bertz CT molecular complexity index is 1360. The van der Waals surface area contributed by atoms with Crippen LogP contribution in [0, 0.1) is 12.3 Å². The molecule has 3 aromatic rings. The van der Waals surface area contributed by atoms with Gasteiger partial charge in [0.2, 0.25) is 0 Å². The molecule has 1 aliphatic rings. The van der Waals surface area contributed by atoms with Crippen molar-refractivity contribution < 1.29 is 19.4 Å². The van der Waals surface area contributed by atoms with E-state index in [1.807, 2.05) is 52.0 Å². The average molecular weight is 601 g/mol. The van der Waals surface area contributed by atoms with E-state index in [1.165, 1.54) is 0 Å². The number of carboxylic acid groups (broad SMARTS) is 1. The number of ether oxygens (including phenoxy) is 2. The van der Waals surface area contributed by atoms with E-state index in [2.05, 4.69) is 23.7 Å². The van der Waals surface area contributed by atoms with Crippen molar-refractivity contribution in [1.29, 1.82) is 0 Å². The first-order chi connectivity index (χ1) is 19.2. The monoisotopic (exact) mass is 599 g/mol. The van der Waals surface area contributed by atoms with Gasteiger partial charge >= 0.3 is 5.97 Å². The van der Waals surface area contributed by atoms with Crippen LogP contribution in [0.1, 0.15) is 70.4 Å². The van der Waals surface area contributed by atoms with Crippen LogP contribution in [0.4, 0.5) is 5.69 Å². The van der Waals surface area contributed by atoms with Crippen molar-refractivity contribution in [2.75, 3.05) is 24.6 Å². The van der Waals surface area contributed by atoms with Gasteiger partial charge < -0.3 is 19.5 Å². The molecular weight excluding hydrogens is 561 g/mol. The predicted octanol–water partition coefficient (Wildman–Crippen LogP) is 7.95.